The van der Waals surface area contributed by atoms with E-state index >= 15 is 0 Å². The van der Waals surface area contributed by atoms with Crippen LogP contribution in [0.2, 0.25) is 10.0 Å². The van der Waals surface area contributed by atoms with E-state index in [4.69, 9.17) is 27.9 Å². The Hall–Kier alpha value is -1.01. The molecule has 2 N–H and O–H groups in total. The van der Waals surface area contributed by atoms with Crippen LogP contribution in [0, 0.1) is 0 Å². The van der Waals surface area contributed by atoms with Crippen LogP contribution in [-0.4, -0.2) is 53.4 Å². The summed E-state index contributed by atoms with van der Waals surface area (Å²) < 4.78 is 5.14. The Morgan fingerprint density at radius 2 is 2.05 bits per heavy atom. The highest BCUT2D eigenvalue weighted by Crippen LogP contribution is 2.33. The first-order chi connectivity index (χ1) is 9.43. The number of methoxy groups -OCH3 is 1. The average molecular weight is 320 g/mol. The van der Waals surface area contributed by atoms with Crippen molar-refractivity contribution in [2.24, 2.45) is 0 Å². The Morgan fingerprint density at radius 1 is 1.35 bits per heavy atom. The topological polar surface area (TPSA) is 70.0 Å². The van der Waals surface area contributed by atoms with Gasteiger partial charge in [-0.15, -0.1) is 0 Å². The molecule has 1 amide bonds. The monoisotopic (exact) mass is 319 g/mol. The van der Waals surface area contributed by atoms with E-state index in [1.807, 2.05) is 0 Å². The molecule has 2 atom stereocenters. The van der Waals surface area contributed by atoms with Gasteiger partial charge in [0, 0.05) is 18.1 Å². The largest absolute Gasteiger partial charge is 0.494 e. The molecule has 1 fully saturated rings. The van der Waals surface area contributed by atoms with Crippen LogP contribution < -0.4 is 4.74 Å². The fourth-order valence-electron chi connectivity index (χ4n) is 2.20. The van der Waals surface area contributed by atoms with E-state index in [-0.39, 0.29) is 28.8 Å². The number of amides is 1. The molecule has 0 spiro atoms. The molecule has 0 aliphatic carbocycles. The van der Waals surface area contributed by atoms with Crippen molar-refractivity contribution < 1.29 is 19.7 Å². The number of carbonyl (C=O) groups excluding carboxylic acids is 1. The molecule has 2 rings (SSSR count). The predicted octanol–water partition coefficient (Wildman–Crippen LogP) is 1.57. The minimum Gasteiger partial charge on any atom is -0.494 e. The van der Waals surface area contributed by atoms with Gasteiger partial charge in [0.2, 0.25) is 0 Å². The molecule has 1 aromatic rings. The summed E-state index contributed by atoms with van der Waals surface area (Å²) in [7, 11) is 1.42. The lowest BCUT2D eigenvalue weighted by atomic mass is 10.0. The number of aliphatic hydroxyl groups is 2. The maximum absolute atomic E-state index is 12.5. The minimum absolute atomic E-state index is 0.0628. The van der Waals surface area contributed by atoms with E-state index in [1.165, 1.54) is 24.1 Å². The van der Waals surface area contributed by atoms with E-state index in [2.05, 4.69) is 0 Å². The number of benzene rings is 1. The number of carbonyl (C=O) groups is 1. The van der Waals surface area contributed by atoms with Crippen molar-refractivity contribution in [2.45, 2.75) is 18.6 Å². The molecular weight excluding hydrogens is 305 g/mol. The predicted molar refractivity (Wildman–Crippen MR) is 75.5 cm³/mol. The van der Waals surface area contributed by atoms with E-state index in [1.54, 1.807) is 0 Å². The third kappa shape index (κ3) is 3.01. The van der Waals surface area contributed by atoms with Crippen LogP contribution in [0.5, 0.6) is 5.75 Å². The zero-order valence-electron chi connectivity index (χ0n) is 10.8. The number of piperidine rings is 1. The van der Waals surface area contributed by atoms with Crippen LogP contribution in [0.25, 0.3) is 0 Å². The molecule has 1 heterocycles. The highest BCUT2D eigenvalue weighted by atomic mass is 35.5. The maximum atomic E-state index is 12.5. The van der Waals surface area contributed by atoms with Crippen LogP contribution in [0.4, 0.5) is 0 Å². The Balaban J connectivity index is 2.29. The third-order valence-electron chi connectivity index (χ3n) is 3.28. The number of rotatable bonds is 2. The van der Waals surface area contributed by atoms with Gasteiger partial charge in [-0.25, -0.2) is 0 Å². The summed E-state index contributed by atoms with van der Waals surface area (Å²) in [6.45, 7) is 0.414. The van der Waals surface area contributed by atoms with Gasteiger partial charge in [0.25, 0.3) is 5.91 Å². The summed E-state index contributed by atoms with van der Waals surface area (Å²) >= 11 is 11.9. The number of ether oxygens (including phenoxy) is 1. The molecule has 20 heavy (non-hydrogen) atoms. The Bertz CT molecular complexity index is 523. The fourth-order valence-corrected chi connectivity index (χ4v) is 2.77. The molecule has 0 radical (unpaired) electrons. The summed E-state index contributed by atoms with van der Waals surface area (Å²) in [4.78, 5) is 13.9. The molecule has 1 aromatic carbocycles. The van der Waals surface area contributed by atoms with Crippen molar-refractivity contribution in [2.75, 3.05) is 20.2 Å². The number of nitrogens with zero attached hydrogens (tertiary/aromatic N) is 1. The molecule has 1 aliphatic rings. The van der Waals surface area contributed by atoms with Gasteiger partial charge < -0.3 is 19.8 Å². The fraction of sp³-hybridized carbons (Fsp3) is 0.462. The molecule has 7 heteroatoms. The van der Waals surface area contributed by atoms with Crippen molar-refractivity contribution in [1.82, 2.24) is 4.90 Å². The number of likely N-dealkylation sites (tertiary alicyclic amines) is 1. The highest BCUT2D eigenvalue weighted by molar-refractivity contribution is 6.36. The van der Waals surface area contributed by atoms with Crippen LogP contribution >= 0.6 is 23.2 Å². The zero-order chi connectivity index (χ0) is 14.9. The Kier molecular flexibility index (Phi) is 4.75. The van der Waals surface area contributed by atoms with Gasteiger partial charge in [-0.3, -0.25) is 4.79 Å². The van der Waals surface area contributed by atoms with Gasteiger partial charge in [0.1, 0.15) is 5.75 Å². The summed E-state index contributed by atoms with van der Waals surface area (Å²) in [6, 6.07) is 2.97. The molecule has 1 aliphatic heterocycles. The second-order valence-corrected chi connectivity index (χ2v) is 5.49. The van der Waals surface area contributed by atoms with Gasteiger partial charge in [-0.2, -0.15) is 0 Å². The second-order valence-electron chi connectivity index (χ2n) is 4.64. The van der Waals surface area contributed by atoms with Crippen LogP contribution in [-0.2, 0) is 0 Å². The van der Waals surface area contributed by atoms with Crippen molar-refractivity contribution in [3.05, 3.63) is 27.7 Å². The van der Waals surface area contributed by atoms with Crippen LogP contribution in [0.3, 0.4) is 0 Å². The number of halogens is 2. The zero-order valence-corrected chi connectivity index (χ0v) is 12.4. The van der Waals surface area contributed by atoms with Gasteiger partial charge in [-0.05, 0) is 18.6 Å². The molecule has 0 unspecified atom stereocenters. The van der Waals surface area contributed by atoms with Gasteiger partial charge in [0.05, 0.1) is 29.9 Å². The maximum Gasteiger partial charge on any atom is 0.257 e. The lowest BCUT2D eigenvalue weighted by molar-refractivity contribution is -0.0322. The van der Waals surface area contributed by atoms with E-state index in [0.717, 1.165) is 0 Å². The summed E-state index contributed by atoms with van der Waals surface area (Å²) in [5.41, 5.74) is 0.244. The number of aliphatic hydroxyl groups excluding tert-OH is 2. The summed E-state index contributed by atoms with van der Waals surface area (Å²) in [5.74, 6) is -0.0844. The number of hydrogen-bond donors (Lipinski definition) is 2. The van der Waals surface area contributed by atoms with Crippen LogP contribution in [0.1, 0.15) is 16.8 Å². The molecule has 0 saturated carbocycles. The Morgan fingerprint density at radius 3 is 2.65 bits per heavy atom. The first-order valence-electron chi connectivity index (χ1n) is 6.12. The minimum atomic E-state index is -0.951. The molecular formula is C13H15Cl2NO4. The van der Waals surface area contributed by atoms with Crippen molar-refractivity contribution >= 4 is 29.1 Å². The summed E-state index contributed by atoms with van der Waals surface area (Å²) in [6.07, 6.45) is -1.43. The van der Waals surface area contributed by atoms with Gasteiger partial charge in [-0.1, -0.05) is 23.2 Å². The van der Waals surface area contributed by atoms with Crippen molar-refractivity contribution in [3.8, 4) is 5.75 Å². The second kappa shape index (κ2) is 6.18. The standard InChI is InChI=1S/C13H15Cl2NO4/c1-20-12-8(4-7(14)5-9(12)15)13(19)16-3-2-10(17)11(18)6-16/h4-5,10-11,17-18H,2-3,6H2,1H3/t10-,11-/m0/s1. The van der Waals surface area contributed by atoms with E-state index in [0.29, 0.717) is 18.0 Å². The molecule has 0 aromatic heterocycles. The lowest BCUT2D eigenvalue weighted by Crippen LogP contribution is -2.49. The van der Waals surface area contributed by atoms with Crippen molar-refractivity contribution in [3.63, 3.8) is 0 Å². The smallest absolute Gasteiger partial charge is 0.257 e. The number of β-amino-alcohol motifs (C(OH)–C–C–N with tert-alkyl or cyclic N) is 1. The SMILES string of the molecule is COc1c(Cl)cc(Cl)cc1C(=O)N1CC[C@H](O)[C@@H](O)C1. The van der Waals surface area contributed by atoms with Crippen molar-refractivity contribution in [1.29, 1.82) is 0 Å². The number of hydrogen-bond acceptors (Lipinski definition) is 4. The third-order valence-corrected chi connectivity index (χ3v) is 3.78. The summed E-state index contributed by atoms with van der Waals surface area (Å²) in [5, 5.41) is 19.7. The normalized spacial score (nSPS) is 22.8. The van der Waals surface area contributed by atoms with E-state index < -0.39 is 12.2 Å². The van der Waals surface area contributed by atoms with Crippen LogP contribution in [0.15, 0.2) is 12.1 Å². The highest BCUT2D eigenvalue weighted by Gasteiger charge is 2.30. The van der Waals surface area contributed by atoms with Gasteiger partial charge in [0.15, 0.2) is 0 Å². The molecule has 110 valence electrons. The Labute approximate surface area is 126 Å². The first kappa shape index (κ1) is 15.4. The quantitative estimate of drug-likeness (QED) is 0.868. The molecule has 5 nitrogen and oxygen atoms in total. The molecule has 0 bridgehead atoms. The van der Waals surface area contributed by atoms with E-state index in [9.17, 15) is 15.0 Å². The van der Waals surface area contributed by atoms with Gasteiger partial charge >= 0.3 is 0 Å². The lowest BCUT2D eigenvalue weighted by Gasteiger charge is -2.33. The first-order valence-corrected chi connectivity index (χ1v) is 6.88. The molecule has 1 saturated heterocycles. The average Bonchev–Trinajstić information content (AvgIpc) is 2.40.